The predicted octanol–water partition coefficient (Wildman–Crippen LogP) is 0.446. The summed E-state index contributed by atoms with van der Waals surface area (Å²) in [4.78, 5) is 23.4. The average molecular weight is 213 g/mol. The van der Waals surface area contributed by atoms with Gasteiger partial charge in [0, 0.05) is 25.6 Å². The number of β-lactam (4-membered cyclic amide) rings is 1. The molecule has 1 aliphatic rings. The van der Waals surface area contributed by atoms with Crippen molar-refractivity contribution in [2.24, 2.45) is 5.73 Å². The molecule has 5 heteroatoms. The number of nitrogens with two attached hydrogens (primary N) is 1. The van der Waals surface area contributed by atoms with Crippen LogP contribution in [-0.2, 0) is 4.79 Å². The number of carbonyl (C=O) groups excluding carboxylic acids is 2. The van der Waals surface area contributed by atoms with E-state index in [1.54, 1.807) is 0 Å². The molecule has 86 valence electrons. The first-order valence-electron chi connectivity index (χ1n) is 5.45. The fourth-order valence-corrected chi connectivity index (χ4v) is 1.41. The van der Waals surface area contributed by atoms with Crippen LogP contribution in [0.25, 0.3) is 0 Å². The standard InChI is InChI=1S/C10H19N3O2/c1-8(11)4-2-3-6-12-10(15)13-7-5-9(13)14/h8H,2-7,11H2,1H3,(H,12,15). The van der Waals surface area contributed by atoms with Gasteiger partial charge in [0.2, 0.25) is 5.91 Å². The molecule has 1 rings (SSSR count). The number of likely N-dealkylation sites (tertiary alicyclic amines) is 1. The molecule has 5 nitrogen and oxygen atoms in total. The summed E-state index contributed by atoms with van der Waals surface area (Å²) in [6, 6.07) is -0.0373. The van der Waals surface area contributed by atoms with Crippen molar-refractivity contribution in [3.63, 3.8) is 0 Å². The monoisotopic (exact) mass is 213 g/mol. The molecule has 1 heterocycles. The Labute approximate surface area is 90.0 Å². The minimum Gasteiger partial charge on any atom is -0.338 e. The van der Waals surface area contributed by atoms with Crippen LogP contribution in [0.2, 0.25) is 0 Å². The van der Waals surface area contributed by atoms with Gasteiger partial charge < -0.3 is 11.1 Å². The topological polar surface area (TPSA) is 75.4 Å². The van der Waals surface area contributed by atoms with Crippen molar-refractivity contribution >= 4 is 11.9 Å². The zero-order valence-corrected chi connectivity index (χ0v) is 9.16. The lowest BCUT2D eigenvalue weighted by Gasteiger charge is -2.28. The first kappa shape index (κ1) is 12.0. The molecule has 0 aromatic carbocycles. The summed E-state index contributed by atoms with van der Waals surface area (Å²) >= 11 is 0. The molecule has 0 bridgehead atoms. The van der Waals surface area contributed by atoms with Crippen molar-refractivity contribution in [3.05, 3.63) is 0 Å². The minimum atomic E-state index is -0.257. The van der Waals surface area contributed by atoms with Gasteiger partial charge >= 0.3 is 6.03 Å². The molecule has 1 aliphatic heterocycles. The average Bonchev–Trinajstić information content (AvgIpc) is 2.14. The number of carbonyl (C=O) groups is 2. The number of amides is 3. The SMILES string of the molecule is CC(N)CCCCNC(=O)N1CCC1=O. The molecular weight excluding hydrogens is 194 g/mol. The maximum absolute atomic E-state index is 11.3. The van der Waals surface area contributed by atoms with Gasteiger partial charge in [-0.25, -0.2) is 4.79 Å². The molecule has 0 aliphatic carbocycles. The van der Waals surface area contributed by atoms with Gasteiger partial charge in [-0.05, 0) is 19.8 Å². The highest BCUT2D eigenvalue weighted by Gasteiger charge is 2.29. The van der Waals surface area contributed by atoms with Crippen LogP contribution in [0, 0.1) is 0 Å². The van der Waals surface area contributed by atoms with Gasteiger partial charge in [-0.15, -0.1) is 0 Å². The van der Waals surface area contributed by atoms with E-state index in [-0.39, 0.29) is 18.0 Å². The lowest BCUT2D eigenvalue weighted by atomic mass is 10.1. The van der Waals surface area contributed by atoms with Crippen LogP contribution in [0.1, 0.15) is 32.6 Å². The second kappa shape index (κ2) is 5.70. The Kier molecular flexibility index (Phi) is 4.55. The van der Waals surface area contributed by atoms with E-state index in [9.17, 15) is 9.59 Å². The molecule has 1 fully saturated rings. The lowest BCUT2D eigenvalue weighted by Crippen LogP contribution is -2.52. The third-order valence-corrected chi connectivity index (χ3v) is 2.46. The summed E-state index contributed by atoms with van der Waals surface area (Å²) in [6.45, 7) is 3.15. The Morgan fingerprint density at radius 1 is 1.60 bits per heavy atom. The van der Waals surface area contributed by atoms with Gasteiger partial charge in [0.25, 0.3) is 0 Å². The highest BCUT2D eigenvalue weighted by Crippen LogP contribution is 2.07. The third kappa shape index (κ3) is 3.87. The number of unbranched alkanes of at least 4 members (excludes halogenated alkanes) is 1. The number of imide groups is 1. The highest BCUT2D eigenvalue weighted by atomic mass is 16.2. The summed E-state index contributed by atoms with van der Waals surface area (Å²) in [6.07, 6.45) is 3.39. The zero-order valence-electron chi connectivity index (χ0n) is 9.16. The lowest BCUT2D eigenvalue weighted by molar-refractivity contribution is -0.135. The van der Waals surface area contributed by atoms with Crippen molar-refractivity contribution in [3.8, 4) is 0 Å². The molecule has 0 aromatic heterocycles. The highest BCUT2D eigenvalue weighted by molar-refractivity contribution is 5.98. The third-order valence-electron chi connectivity index (χ3n) is 2.46. The number of hydrogen-bond donors (Lipinski definition) is 2. The normalized spacial score (nSPS) is 17.2. The summed E-state index contributed by atoms with van der Waals surface area (Å²) in [7, 11) is 0. The van der Waals surface area contributed by atoms with Crippen LogP contribution in [0.4, 0.5) is 4.79 Å². The molecule has 1 atom stereocenters. The van der Waals surface area contributed by atoms with E-state index >= 15 is 0 Å². The summed E-state index contributed by atoms with van der Waals surface area (Å²) in [5.41, 5.74) is 5.59. The largest absolute Gasteiger partial charge is 0.338 e. The van der Waals surface area contributed by atoms with Crippen LogP contribution in [-0.4, -0.2) is 36.0 Å². The van der Waals surface area contributed by atoms with E-state index in [0.29, 0.717) is 19.5 Å². The molecular formula is C10H19N3O2. The minimum absolute atomic E-state index is 0.0805. The van der Waals surface area contributed by atoms with Gasteiger partial charge in [-0.3, -0.25) is 9.69 Å². The van der Waals surface area contributed by atoms with Gasteiger partial charge in [0.05, 0.1) is 0 Å². The Morgan fingerprint density at radius 3 is 2.80 bits per heavy atom. The smallest absolute Gasteiger partial charge is 0.324 e. The summed E-state index contributed by atoms with van der Waals surface area (Å²) < 4.78 is 0. The molecule has 3 amide bonds. The molecule has 3 N–H and O–H groups in total. The Hall–Kier alpha value is -1.10. The molecule has 1 saturated heterocycles. The van der Waals surface area contributed by atoms with Crippen molar-refractivity contribution < 1.29 is 9.59 Å². The van der Waals surface area contributed by atoms with Crippen LogP contribution in [0.15, 0.2) is 0 Å². The fraction of sp³-hybridized carbons (Fsp3) is 0.800. The number of nitrogens with zero attached hydrogens (tertiary/aromatic N) is 1. The molecule has 0 saturated carbocycles. The second-order valence-electron chi connectivity index (χ2n) is 4.00. The van der Waals surface area contributed by atoms with Gasteiger partial charge in [-0.1, -0.05) is 6.42 Å². The first-order chi connectivity index (χ1) is 7.11. The maximum atomic E-state index is 11.3. The zero-order chi connectivity index (χ0) is 11.3. The van der Waals surface area contributed by atoms with E-state index < -0.39 is 0 Å². The Bertz CT molecular complexity index is 241. The summed E-state index contributed by atoms with van der Waals surface area (Å²) in [5.74, 6) is -0.0805. The Morgan fingerprint density at radius 2 is 2.33 bits per heavy atom. The van der Waals surface area contributed by atoms with Crippen LogP contribution in [0.3, 0.4) is 0 Å². The van der Waals surface area contributed by atoms with E-state index in [2.05, 4.69) is 5.32 Å². The number of nitrogens with one attached hydrogen (secondary N) is 1. The van der Waals surface area contributed by atoms with E-state index in [1.165, 1.54) is 4.90 Å². The first-order valence-corrected chi connectivity index (χ1v) is 5.45. The van der Waals surface area contributed by atoms with Crippen LogP contribution < -0.4 is 11.1 Å². The van der Waals surface area contributed by atoms with Gasteiger partial charge in [0.15, 0.2) is 0 Å². The van der Waals surface area contributed by atoms with E-state index in [4.69, 9.17) is 5.73 Å². The Balaban J connectivity index is 2.00. The van der Waals surface area contributed by atoms with Crippen molar-refractivity contribution in [1.82, 2.24) is 10.2 Å². The summed E-state index contributed by atoms with van der Waals surface area (Å²) in [5, 5.41) is 2.71. The number of rotatable bonds is 5. The van der Waals surface area contributed by atoms with Crippen molar-refractivity contribution in [1.29, 1.82) is 0 Å². The second-order valence-corrected chi connectivity index (χ2v) is 4.00. The number of hydrogen-bond acceptors (Lipinski definition) is 3. The van der Waals surface area contributed by atoms with E-state index in [1.807, 2.05) is 6.92 Å². The fourth-order valence-electron chi connectivity index (χ4n) is 1.41. The van der Waals surface area contributed by atoms with E-state index in [0.717, 1.165) is 19.3 Å². The number of urea groups is 1. The van der Waals surface area contributed by atoms with Crippen molar-refractivity contribution in [2.75, 3.05) is 13.1 Å². The molecule has 1 unspecified atom stereocenters. The molecule has 15 heavy (non-hydrogen) atoms. The van der Waals surface area contributed by atoms with Crippen LogP contribution in [0.5, 0.6) is 0 Å². The van der Waals surface area contributed by atoms with Gasteiger partial charge in [0.1, 0.15) is 0 Å². The quantitative estimate of drug-likeness (QED) is 0.514. The van der Waals surface area contributed by atoms with Crippen molar-refractivity contribution in [2.45, 2.75) is 38.6 Å². The van der Waals surface area contributed by atoms with Crippen LogP contribution >= 0.6 is 0 Å². The van der Waals surface area contributed by atoms with Gasteiger partial charge in [-0.2, -0.15) is 0 Å². The predicted molar refractivity (Wildman–Crippen MR) is 57.2 cm³/mol. The molecule has 0 radical (unpaired) electrons. The molecule has 0 spiro atoms. The molecule has 0 aromatic rings. The maximum Gasteiger partial charge on any atom is 0.324 e.